The molecule has 0 spiro atoms. The smallest absolute Gasteiger partial charge is 0.356 e. The molecule has 11 heteroatoms. The van der Waals surface area contributed by atoms with Crippen molar-refractivity contribution in [3.8, 4) is 11.1 Å². The van der Waals surface area contributed by atoms with E-state index in [1.807, 2.05) is 0 Å². The van der Waals surface area contributed by atoms with Gasteiger partial charge in [-0.05, 0) is 47.9 Å². The van der Waals surface area contributed by atoms with Crippen molar-refractivity contribution in [3.63, 3.8) is 0 Å². The average molecular weight is 563 g/mol. The molecule has 0 saturated heterocycles. The number of rotatable bonds is 10. The summed E-state index contributed by atoms with van der Waals surface area (Å²) >= 11 is 0. The highest BCUT2D eigenvalue weighted by molar-refractivity contribution is 5.88. The molecule has 5 rings (SSSR count). The minimum Gasteiger partial charge on any atom is -0.476 e. The zero-order valence-electron chi connectivity index (χ0n) is 21.7. The van der Waals surface area contributed by atoms with Crippen molar-refractivity contribution < 1.29 is 32.6 Å². The molecule has 0 aliphatic carbocycles. The predicted octanol–water partition coefficient (Wildman–Crippen LogP) is 5.01. The molecule has 3 heterocycles. The van der Waals surface area contributed by atoms with Crippen molar-refractivity contribution in [2.24, 2.45) is 5.73 Å². The summed E-state index contributed by atoms with van der Waals surface area (Å²) in [5.74, 6) is -4.26. The third-order valence-corrected chi connectivity index (χ3v) is 6.91. The zero-order chi connectivity index (χ0) is 29.3. The van der Waals surface area contributed by atoms with Crippen LogP contribution in [0.5, 0.6) is 0 Å². The number of Topliss-reactive ketones (excluding diaryl/α,β-unsaturated/α-hetero) is 1. The van der Waals surface area contributed by atoms with Gasteiger partial charge in [0.2, 0.25) is 0 Å². The lowest BCUT2D eigenvalue weighted by molar-refractivity contribution is -0.120. The normalized spacial score (nSPS) is 13.1. The number of aromatic nitrogens is 3. The second-order valence-corrected chi connectivity index (χ2v) is 9.81. The molecule has 0 fully saturated rings. The maximum absolute atomic E-state index is 14.4. The summed E-state index contributed by atoms with van der Waals surface area (Å²) in [6, 6.07) is 10.9. The van der Waals surface area contributed by atoms with E-state index in [4.69, 9.17) is 10.5 Å². The first-order valence-corrected chi connectivity index (χ1v) is 12.7. The summed E-state index contributed by atoms with van der Waals surface area (Å²) in [7, 11) is 0. The summed E-state index contributed by atoms with van der Waals surface area (Å²) < 4.78 is 49.2. The van der Waals surface area contributed by atoms with Crippen LogP contribution in [0.1, 0.15) is 50.9 Å². The van der Waals surface area contributed by atoms with Crippen LogP contribution in [0, 0.1) is 17.5 Å². The lowest BCUT2D eigenvalue weighted by Crippen LogP contribution is -2.19. The number of carbonyl (C=O) groups excluding carboxylic acids is 1. The molecule has 1 aliphatic heterocycles. The Morgan fingerprint density at radius 2 is 1.85 bits per heavy atom. The lowest BCUT2D eigenvalue weighted by Gasteiger charge is -2.20. The van der Waals surface area contributed by atoms with E-state index in [1.165, 1.54) is 35.1 Å². The fourth-order valence-corrected chi connectivity index (χ4v) is 5.11. The monoisotopic (exact) mass is 562 g/mol. The number of halogens is 3. The minimum absolute atomic E-state index is 0.0354. The van der Waals surface area contributed by atoms with Crippen LogP contribution in [0.4, 0.5) is 13.2 Å². The molecule has 0 bridgehead atoms. The Morgan fingerprint density at radius 1 is 1.10 bits per heavy atom. The van der Waals surface area contributed by atoms with Crippen molar-refractivity contribution >= 4 is 17.4 Å². The summed E-state index contributed by atoms with van der Waals surface area (Å²) in [6.45, 7) is 3.60. The number of carboxylic acids is 1. The van der Waals surface area contributed by atoms with Gasteiger partial charge in [-0.3, -0.25) is 14.5 Å². The van der Waals surface area contributed by atoms with E-state index in [0.29, 0.717) is 33.6 Å². The highest BCUT2D eigenvalue weighted by Gasteiger charge is 2.29. The Morgan fingerprint density at radius 3 is 2.56 bits per heavy atom. The van der Waals surface area contributed by atoms with Gasteiger partial charge in [0.1, 0.15) is 17.5 Å². The number of carbonyl (C=O) groups is 2. The topological polar surface area (TPSA) is 120 Å². The fraction of sp³-hybridized carbons (Fsp3) is 0.200. The number of ether oxygens (including phenoxy) is 1. The summed E-state index contributed by atoms with van der Waals surface area (Å²) in [5, 5.41) is 13.6. The molecule has 0 unspecified atom stereocenters. The first-order chi connectivity index (χ1) is 19.6. The number of fused-ring (bicyclic) bond motifs is 1. The predicted molar refractivity (Wildman–Crippen MR) is 143 cm³/mol. The highest BCUT2D eigenvalue weighted by atomic mass is 19.1. The molecular formula is C30H25F3N4O4. The molecule has 0 amide bonds. The van der Waals surface area contributed by atoms with Gasteiger partial charge in [-0.25, -0.2) is 18.0 Å². The Balaban J connectivity index is 1.52. The number of carboxylic acid groups (broad SMARTS) is 1. The number of nitrogens with zero attached hydrogens (tertiary/aromatic N) is 3. The lowest BCUT2D eigenvalue weighted by atomic mass is 9.86. The van der Waals surface area contributed by atoms with Crippen LogP contribution in [0.3, 0.4) is 0 Å². The number of hydrogen-bond donors (Lipinski definition) is 2. The van der Waals surface area contributed by atoms with Gasteiger partial charge in [-0.2, -0.15) is 5.10 Å². The molecule has 4 aromatic rings. The van der Waals surface area contributed by atoms with Gasteiger partial charge in [0, 0.05) is 47.0 Å². The molecule has 210 valence electrons. The average Bonchev–Trinajstić information content (AvgIpc) is 3.52. The van der Waals surface area contributed by atoms with Crippen molar-refractivity contribution in [1.82, 2.24) is 14.8 Å². The third kappa shape index (κ3) is 5.90. The standard InChI is InChI=1S/C30H25F3N4O4/c1-16(34)24-11-18(4-5-26(24)33)23-3-2-6-35-28(23)19(7-17-8-20(31)12-21(32)9-17)10-22(38)13-37-27-15-41-14-25(27)29(36-37)30(39)40/h2-6,8-9,11-12,19H,1,7,10,13-15,34H2,(H,39,40)/t19-/m1/s1. The molecule has 0 saturated carbocycles. The van der Waals surface area contributed by atoms with E-state index in [0.717, 1.165) is 6.07 Å². The van der Waals surface area contributed by atoms with E-state index in [2.05, 4.69) is 16.7 Å². The van der Waals surface area contributed by atoms with E-state index in [1.54, 1.807) is 18.2 Å². The Bertz CT molecular complexity index is 1660. The number of hydrogen-bond acceptors (Lipinski definition) is 6. The van der Waals surface area contributed by atoms with E-state index in [-0.39, 0.29) is 55.3 Å². The number of ketones is 1. The van der Waals surface area contributed by atoms with Crippen molar-refractivity contribution in [3.05, 3.63) is 113 Å². The largest absolute Gasteiger partial charge is 0.476 e. The van der Waals surface area contributed by atoms with Gasteiger partial charge in [0.05, 0.1) is 31.1 Å². The zero-order valence-corrected chi connectivity index (χ0v) is 21.7. The van der Waals surface area contributed by atoms with Gasteiger partial charge in [0.25, 0.3) is 0 Å². The third-order valence-electron chi connectivity index (χ3n) is 6.91. The van der Waals surface area contributed by atoms with E-state index < -0.39 is 29.3 Å². The van der Waals surface area contributed by atoms with Gasteiger partial charge < -0.3 is 15.6 Å². The minimum atomic E-state index is -1.22. The molecular weight excluding hydrogens is 537 g/mol. The summed E-state index contributed by atoms with van der Waals surface area (Å²) in [4.78, 5) is 29.6. The molecule has 41 heavy (non-hydrogen) atoms. The maximum Gasteiger partial charge on any atom is 0.356 e. The van der Waals surface area contributed by atoms with Crippen molar-refractivity contribution in [2.75, 3.05) is 0 Å². The van der Waals surface area contributed by atoms with Gasteiger partial charge >= 0.3 is 5.97 Å². The SMILES string of the molecule is C=C(N)c1cc(-c2cccnc2[C@@H](CC(=O)Cn2nc(C(=O)O)c3c2COC3)Cc2cc(F)cc(F)c2)ccc1F. The van der Waals surface area contributed by atoms with Crippen LogP contribution in [-0.4, -0.2) is 31.6 Å². The van der Waals surface area contributed by atoms with Crippen LogP contribution in [0.15, 0.2) is 61.3 Å². The quantitative estimate of drug-likeness (QED) is 0.279. The van der Waals surface area contributed by atoms with Crippen molar-refractivity contribution in [2.45, 2.75) is 38.5 Å². The first kappa shape index (κ1) is 27.8. The number of benzene rings is 2. The maximum atomic E-state index is 14.4. The molecule has 2 aromatic carbocycles. The Hall–Kier alpha value is -4.77. The van der Waals surface area contributed by atoms with Crippen LogP contribution in [0.2, 0.25) is 0 Å². The first-order valence-electron chi connectivity index (χ1n) is 12.7. The van der Waals surface area contributed by atoms with E-state index >= 15 is 0 Å². The van der Waals surface area contributed by atoms with Crippen molar-refractivity contribution in [1.29, 1.82) is 0 Å². The summed E-state index contributed by atoms with van der Waals surface area (Å²) in [5.41, 5.74) is 8.59. The second kappa shape index (κ2) is 11.4. The van der Waals surface area contributed by atoms with Gasteiger partial charge in [-0.15, -0.1) is 0 Å². The second-order valence-electron chi connectivity index (χ2n) is 9.81. The van der Waals surface area contributed by atoms with Crippen LogP contribution in [0.25, 0.3) is 16.8 Å². The highest BCUT2D eigenvalue weighted by Crippen LogP contribution is 2.34. The van der Waals surface area contributed by atoms with Gasteiger partial charge in [0.15, 0.2) is 11.5 Å². The van der Waals surface area contributed by atoms with E-state index in [9.17, 15) is 27.9 Å². The molecule has 0 radical (unpaired) electrons. The fourth-order valence-electron chi connectivity index (χ4n) is 5.11. The summed E-state index contributed by atoms with van der Waals surface area (Å²) in [6.07, 6.45) is 1.48. The van der Waals surface area contributed by atoms with Gasteiger partial charge in [-0.1, -0.05) is 18.7 Å². The molecule has 1 atom stereocenters. The van der Waals surface area contributed by atoms with Crippen LogP contribution < -0.4 is 5.73 Å². The number of nitrogens with two attached hydrogens (primary N) is 1. The molecule has 8 nitrogen and oxygen atoms in total. The molecule has 1 aliphatic rings. The molecule has 3 N–H and O–H groups in total. The number of pyridine rings is 1. The Kier molecular flexibility index (Phi) is 7.71. The van der Waals surface area contributed by atoms with Crippen LogP contribution in [-0.2, 0) is 35.7 Å². The molecule has 2 aromatic heterocycles. The number of aromatic carboxylic acids is 1. The van der Waals surface area contributed by atoms with Crippen LogP contribution >= 0.6 is 0 Å². The Labute approximate surface area is 232 Å².